The highest BCUT2D eigenvalue weighted by Gasteiger charge is 2.42. The molecular formula is C23H25N3O4. The van der Waals surface area contributed by atoms with Crippen LogP contribution in [0.3, 0.4) is 0 Å². The van der Waals surface area contributed by atoms with Gasteiger partial charge < -0.3 is 19.8 Å². The lowest BCUT2D eigenvalue weighted by atomic mass is 9.94. The van der Waals surface area contributed by atoms with Crippen LogP contribution < -0.4 is 4.74 Å². The van der Waals surface area contributed by atoms with Crippen molar-refractivity contribution in [1.29, 1.82) is 0 Å². The lowest BCUT2D eigenvalue weighted by molar-refractivity contribution is 0.0732. The molecule has 2 heterocycles. The molecule has 1 amide bonds. The zero-order valence-corrected chi connectivity index (χ0v) is 17.3. The van der Waals surface area contributed by atoms with Crippen LogP contribution in [0.4, 0.5) is 0 Å². The molecule has 1 aliphatic rings. The van der Waals surface area contributed by atoms with Crippen molar-refractivity contribution in [3.8, 4) is 22.8 Å². The number of carbonyl (C=O) groups excluding carboxylic acids is 1. The molecular weight excluding hydrogens is 382 g/mol. The fourth-order valence-electron chi connectivity index (χ4n) is 4.17. The van der Waals surface area contributed by atoms with E-state index in [0.717, 1.165) is 22.3 Å². The summed E-state index contributed by atoms with van der Waals surface area (Å²) in [5.41, 5.74) is 4.92. The van der Waals surface area contributed by atoms with Crippen LogP contribution in [0.25, 0.3) is 11.3 Å². The number of aryl methyl sites for hydroxylation is 2. The summed E-state index contributed by atoms with van der Waals surface area (Å²) in [5, 5.41) is 27.4. The van der Waals surface area contributed by atoms with Crippen LogP contribution in [0.2, 0.25) is 0 Å². The Morgan fingerprint density at radius 3 is 2.77 bits per heavy atom. The molecule has 156 valence electrons. The van der Waals surface area contributed by atoms with Gasteiger partial charge in [0.25, 0.3) is 5.91 Å². The predicted molar refractivity (Wildman–Crippen MR) is 113 cm³/mol. The summed E-state index contributed by atoms with van der Waals surface area (Å²) in [4.78, 5) is 14.9. The van der Waals surface area contributed by atoms with Crippen molar-refractivity contribution in [2.45, 2.75) is 26.3 Å². The fourth-order valence-corrected chi connectivity index (χ4v) is 4.17. The van der Waals surface area contributed by atoms with Crippen LogP contribution in [0, 0.1) is 13.8 Å². The molecule has 0 unspecified atom stereocenters. The molecule has 7 nitrogen and oxygen atoms in total. The molecule has 0 saturated carbocycles. The van der Waals surface area contributed by atoms with E-state index in [0.29, 0.717) is 35.7 Å². The molecule has 0 bridgehead atoms. The van der Waals surface area contributed by atoms with Gasteiger partial charge in [0.05, 0.1) is 13.2 Å². The van der Waals surface area contributed by atoms with E-state index in [1.807, 2.05) is 50.2 Å². The van der Waals surface area contributed by atoms with Crippen LogP contribution >= 0.6 is 0 Å². The average Bonchev–Trinajstić information content (AvgIpc) is 3.28. The van der Waals surface area contributed by atoms with Crippen LogP contribution in [-0.4, -0.2) is 51.5 Å². The Bertz CT molecular complexity index is 1110. The number of fused-ring (bicyclic) bond motifs is 1. The number of aliphatic hydroxyl groups excluding tert-OH is 1. The Morgan fingerprint density at radius 2 is 2.03 bits per heavy atom. The van der Waals surface area contributed by atoms with E-state index >= 15 is 0 Å². The van der Waals surface area contributed by atoms with Gasteiger partial charge in [0.2, 0.25) is 0 Å². The number of amides is 1. The van der Waals surface area contributed by atoms with Gasteiger partial charge in [-0.25, -0.2) is 0 Å². The van der Waals surface area contributed by atoms with Gasteiger partial charge >= 0.3 is 0 Å². The van der Waals surface area contributed by atoms with Gasteiger partial charge in [-0.1, -0.05) is 18.2 Å². The molecule has 3 aromatic rings. The van der Waals surface area contributed by atoms with Gasteiger partial charge in [0, 0.05) is 24.3 Å². The zero-order valence-electron chi connectivity index (χ0n) is 17.3. The minimum absolute atomic E-state index is 0.00842. The summed E-state index contributed by atoms with van der Waals surface area (Å²) < 4.78 is 5.39. The minimum Gasteiger partial charge on any atom is -0.507 e. The van der Waals surface area contributed by atoms with Crippen molar-refractivity contribution in [2.24, 2.45) is 0 Å². The normalized spacial score (nSPS) is 15.5. The molecule has 1 aliphatic heterocycles. The van der Waals surface area contributed by atoms with Crippen LogP contribution in [0.5, 0.6) is 11.5 Å². The van der Waals surface area contributed by atoms with Crippen LogP contribution in [-0.2, 0) is 0 Å². The van der Waals surface area contributed by atoms with Gasteiger partial charge in [-0.05, 0) is 55.2 Å². The summed E-state index contributed by atoms with van der Waals surface area (Å²) in [7, 11) is 1.60. The van der Waals surface area contributed by atoms with Gasteiger partial charge in [-0.2, -0.15) is 5.10 Å². The molecule has 3 N–H and O–H groups in total. The summed E-state index contributed by atoms with van der Waals surface area (Å²) in [6.07, 6.45) is 0.466. The molecule has 1 atom stereocenters. The lowest BCUT2D eigenvalue weighted by Gasteiger charge is -2.26. The van der Waals surface area contributed by atoms with E-state index in [1.165, 1.54) is 0 Å². The van der Waals surface area contributed by atoms with Crippen molar-refractivity contribution in [1.82, 2.24) is 15.1 Å². The summed E-state index contributed by atoms with van der Waals surface area (Å²) >= 11 is 0. The number of hydrogen-bond donors (Lipinski definition) is 3. The minimum atomic E-state index is -0.400. The van der Waals surface area contributed by atoms with E-state index in [4.69, 9.17) is 4.74 Å². The molecule has 7 heteroatoms. The Kier molecular flexibility index (Phi) is 5.22. The first-order valence-corrected chi connectivity index (χ1v) is 9.90. The highest BCUT2D eigenvalue weighted by Crippen LogP contribution is 2.45. The Hall–Kier alpha value is -3.32. The summed E-state index contributed by atoms with van der Waals surface area (Å²) in [6.45, 7) is 4.20. The standard InChI is InChI=1S/C23H25N3O4/c1-13-10-14(2)22(28)17(11-13)19-18-20(25-24-19)23(29)26(8-5-9-27)21(18)15-6-4-7-16(12-15)30-3/h4,6-7,10-12,21,27-28H,5,8-9H2,1-3H3,(H,24,25)/t21-/m0/s1. The summed E-state index contributed by atoms with van der Waals surface area (Å²) in [6, 6.07) is 11.0. The van der Waals surface area contributed by atoms with Gasteiger partial charge in [-0.3, -0.25) is 9.89 Å². The smallest absolute Gasteiger partial charge is 0.273 e. The molecule has 2 aromatic carbocycles. The number of carbonyl (C=O) groups is 1. The molecule has 0 spiro atoms. The number of nitrogens with one attached hydrogen (secondary N) is 1. The number of nitrogens with zero attached hydrogens (tertiary/aromatic N) is 2. The number of benzene rings is 2. The van der Waals surface area contributed by atoms with Gasteiger partial charge in [-0.15, -0.1) is 0 Å². The number of H-pyrrole nitrogens is 1. The quantitative estimate of drug-likeness (QED) is 0.582. The predicted octanol–water partition coefficient (Wildman–Crippen LogP) is 3.34. The first-order chi connectivity index (χ1) is 14.5. The van der Waals surface area contributed by atoms with E-state index in [9.17, 15) is 15.0 Å². The third-order valence-electron chi connectivity index (χ3n) is 5.53. The maximum atomic E-state index is 13.2. The van der Waals surface area contributed by atoms with E-state index in [1.54, 1.807) is 12.0 Å². The zero-order chi connectivity index (χ0) is 21.4. The monoisotopic (exact) mass is 407 g/mol. The fraction of sp³-hybridized carbons (Fsp3) is 0.304. The number of phenols is 1. The third kappa shape index (κ3) is 3.21. The number of methoxy groups -OCH3 is 1. The van der Waals surface area contributed by atoms with Crippen molar-refractivity contribution in [2.75, 3.05) is 20.3 Å². The van der Waals surface area contributed by atoms with E-state index in [-0.39, 0.29) is 18.3 Å². The number of aromatic nitrogens is 2. The summed E-state index contributed by atoms with van der Waals surface area (Å²) in [5.74, 6) is 0.671. The first-order valence-electron chi connectivity index (χ1n) is 9.90. The topological polar surface area (TPSA) is 98.7 Å². The maximum absolute atomic E-state index is 13.2. The molecule has 0 aliphatic carbocycles. The molecule has 0 saturated heterocycles. The number of aliphatic hydroxyl groups is 1. The molecule has 4 rings (SSSR count). The van der Waals surface area contributed by atoms with Crippen LogP contribution in [0.1, 0.15) is 45.2 Å². The van der Waals surface area contributed by atoms with E-state index in [2.05, 4.69) is 10.2 Å². The second-order valence-corrected chi connectivity index (χ2v) is 7.59. The number of rotatable bonds is 6. The number of ether oxygens (including phenoxy) is 1. The largest absolute Gasteiger partial charge is 0.507 e. The Morgan fingerprint density at radius 1 is 1.23 bits per heavy atom. The molecule has 0 fully saturated rings. The molecule has 30 heavy (non-hydrogen) atoms. The third-order valence-corrected chi connectivity index (χ3v) is 5.53. The number of aromatic amines is 1. The average molecular weight is 407 g/mol. The molecule has 1 aromatic heterocycles. The van der Waals surface area contributed by atoms with Gasteiger partial charge in [0.15, 0.2) is 0 Å². The van der Waals surface area contributed by atoms with Crippen molar-refractivity contribution in [3.05, 3.63) is 64.3 Å². The number of phenolic OH excluding ortho intramolecular Hbond substituents is 1. The van der Waals surface area contributed by atoms with Crippen molar-refractivity contribution >= 4 is 5.91 Å². The Balaban J connectivity index is 1.92. The van der Waals surface area contributed by atoms with Crippen molar-refractivity contribution in [3.63, 3.8) is 0 Å². The van der Waals surface area contributed by atoms with Crippen molar-refractivity contribution < 1.29 is 19.7 Å². The number of hydrogen-bond acceptors (Lipinski definition) is 5. The molecule has 0 radical (unpaired) electrons. The van der Waals surface area contributed by atoms with Gasteiger partial charge in [0.1, 0.15) is 22.9 Å². The highest BCUT2D eigenvalue weighted by atomic mass is 16.5. The lowest BCUT2D eigenvalue weighted by Crippen LogP contribution is -2.31. The van der Waals surface area contributed by atoms with E-state index < -0.39 is 6.04 Å². The SMILES string of the molecule is COc1cccc([C@H]2c3c(-c4cc(C)cc(C)c4O)n[nH]c3C(=O)N2CCCO)c1. The highest BCUT2D eigenvalue weighted by molar-refractivity contribution is 6.00. The second-order valence-electron chi connectivity index (χ2n) is 7.59. The number of aromatic hydroxyl groups is 1. The van der Waals surface area contributed by atoms with Crippen LogP contribution in [0.15, 0.2) is 36.4 Å². The second kappa shape index (κ2) is 7.84. The first kappa shape index (κ1) is 20.0. The Labute approximate surface area is 174 Å². The maximum Gasteiger partial charge on any atom is 0.273 e.